The number of rotatable bonds is 5. The van der Waals surface area contributed by atoms with E-state index in [9.17, 15) is 4.79 Å². The number of ketones is 1. The van der Waals surface area contributed by atoms with E-state index in [0.717, 1.165) is 26.7 Å². The highest BCUT2D eigenvalue weighted by molar-refractivity contribution is 9.10. The van der Waals surface area contributed by atoms with Crippen molar-refractivity contribution >= 4 is 21.7 Å². The molecule has 0 amide bonds. The van der Waals surface area contributed by atoms with Gasteiger partial charge in [-0.15, -0.1) is 0 Å². The second-order valence-corrected chi connectivity index (χ2v) is 7.33. The zero-order chi connectivity index (χ0) is 17.8. The Morgan fingerprint density at radius 2 is 1.40 bits per heavy atom. The molecule has 0 radical (unpaired) electrons. The van der Waals surface area contributed by atoms with Gasteiger partial charge >= 0.3 is 0 Å². The molecular formula is C23H21BrO. The molecule has 0 unspecified atom stereocenters. The fourth-order valence-corrected chi connectivity index (χ4v) is 3.57. The molecule has 2 heteroatoms. The van der Waals surface area contributed by atoms with Crippen LogP contribution in [0.1, 0.15) is 45.0 Å². The molecule has 0 heterocycles. The third-order valence-corrected chi connectivity index (χ3v) is 5.25. The lowest BCUT2D eigenvalue weighted by Crippen LogP contribution is -2.10. The van der Waals surface area contributed by atoms with E-state index >= 15 is 0 Å². The number of Topliss-reactive ketones (excluding diaryl/α,β-unsaturated/α-hetero) is 1. The van der Waals surface area contributed by atoms with Gasteiger partial charge in [-0.2, -0.15) is 0 Å². The molecular weight excluding hydrogens is 372 g/mol. The van der Waals surface area contributed by atoms with E-state index in [2.05, 4.69) is 53.2 Å². The number of carbonyl (C=O) groups is 1. The molecule has 3 aromatic carbocycles. The smallest absolute Gasteiger partial charge is 0.163 e. The van der Waals surface area contributed by atoms with Crippen molar-refractivity contribution in [3.63, 3.8) is 0 Å². The lowest BCUT2D eigenvalue weighted by Gasteiger charge is -2.19. The fraction of sp³-hybridized carbons (Fsp3) is 0.174. The Kier molecular flexibility index (Phi) is 5.50. The van der Waals surface area contributed by atoms with Crippen molar-refractivity contribution in [2.24, 2.45) is 0 Å². The van der Waals surface area contributed by atoms with E-state index in [4.69, 9.17) is 0 Å². The number of carbonyl (C=O) groups excluding carboxylic acids is 1. The molecule has 0 aromatic heterocycles. The monoisotopic (exact) mass is 392 g/mol. The lowest BCUT2D eigenvalue weighted by molar-refractivity contribution is 0.0977. The van der Waals surface area contributed by atoms with Crippen LogP contribution in [-0.4, -0.2) is 5.78 Å². The van der Waals surface area contributed by atoms with Crippen LogP contribution in [-0.2, 0) is 0 Å². The Hall–Kier alpha value is -2.19. The predicted octanol–water partition coefficient (Wildman–Crippen LogP) is 6.47. The summed E-state index contributed by atoms with van der Waals surface area (Å²) in [7, 11) is 0. The van der Waals surface area contributed by atoms with Crippen LogP contribution in [0.5, 0.6) is 0 Å². The molecule has 1 atom stereocenters. The maximum Gasteiger partial charge on any atom is 0.163 e. The predicted molar refractivity (Wildman–Crippen MR) is 107 cm³/mol. The number of hydrogen-bond acceptors (Lipinski definition) is 1. The molecule has 3 rings (SSSR count). The van der Waals surface area contributed by atoms with Crippen LogP contribution in [0, 0.1) is 13.8 Å². The summed E-state index contributed by atoms with van der Waals surface area (Å²) in [5.41, 5.74) is 5.47. The van der Waals surface area contributed by atoms with Gasteiger partial charge in [-0.25, -0.2) is 0 Å². The minimum absolute atomic E-state index is 0.0324. The number of hydrogen-bond donors (Lipinski definition) is 0. The molecule has 0 saturated heterocycles. The fourth-order valence-electron chi connectivity index (χ4n) is 3.01. The van der Waals surface area contributed by atoms with Crippen LogP contribution in [0.25, 0.3) is 0 Å². The molecule has 126 valence electrons. The van der Waals surface area contributed by atoms with Crippen molar-refractivity contribution in [1.82, 2.24) is 0 Å². The Labute approximate surface area is 157 Å². The normalized spacial score (nSPS) is 12.0. The van der Waals surface area contributed by atoms with Crippen molar-refractivity contribution < 1.29 is 4.79 Å². The van der Waals surface area contributed by atoms with Crippen LogP contribution >= 0.6 is 15.9 Å². The second-order valence-electron chi connectivity index (χ2n) is 6.48. The Morgan fingerprint density at radius 1 is 0.840 bits per heavy atom. The minimum atomic E-state index is 0.0324. The average molecular weight is 393 g/mol. The summed E-state index contributed by atoms with van der Waals surface area (Å²) in [4.78, 5) is 12.9. The van der Waals surface area contributed by atoms with E-state index in [-0.39, 0.29) is 11.7 Å². The molecule has 3 aromatic rings. The summed E-state index contributed by atoms with van der Waals surface area (Å²) >= 11 is 3.65. The Bertz CT molecular complexity index is 863. The number of aryl methyl sites for hydroxylation is 2. The second kappa shape index (κ2) is 7.79. The van der Waals surface area contributed by atoms with Crippen LogP contribution in [0.3, 0.4) is 0 Å². The third-order valence-electron chi connectivity index (χ3n) is 4.52. The van der Waals surface area contributed by atoms with Crippen molar-refractivity contribution in [1.29, 1.82) is 0 Å². The molecule has 0 aliphatic carbocycles. The molecule has 0 N–H and O–H groups in total. The van der Waals surface area contributed by atoms with Gasteiger partial charge in [-0.05, 0) is 31.0 Å². The van der Waals surface area contributed by atoms with Crippen molar-refractivity contribution in [2.45, 2.75) is 26.2 Å². The van der Waals surface area contributed by atoms with Crippen LogP contribution < -0.4 is 0 Å². The van der Waals surface area contributed by atoms with E-state index in [1.807, 2.05) is 49.4 Å². The van der Waals surface area contributed by atoms with Gasteiger partial charge in [0.15, 0.2) is 5.78 Å². The highest BCUT2D eigenvalue weighted by Crippen LogP contribution is 2.34. The molecule has 0 bridgehead atoms. The van der Waals surface area contributed by atoms with Crippen molar-refractivity contribution in [2.75, 3.05) is 0 Å². The van der Waals surface area contributed by atoms with Gasteiger partial charge in [-0.3, -0.25) is 4.79 Å². The maximum atomic E-state index is 12.9. The first-order chi connectivity index (χ1) is 12.0. The van der Waals surface area contributed by atoms with Crippen molar-refractivity contribution in [3.8, 4) is 0 Å². The van der Waals surface area contributed by atoms with Gasteiger partial charge in [0, 0.05) is 22.4 Å². The summed E-state index contributed by atoms with van der Waals surface area (Å²) in [5.74, 6) is 0.200. The molecule has 0 fully saturated rings. The van der Waals surface area contributed by atoms with Crippen LogP contribution in [0.2, 0.25) is 0 Å². The lowest BCUT2D eigenvalue weighted by atomic mass is 9.85. The molecule has 0 spiro atoms. The highest BCUT2D eigenvalue weighted by atomic mass is 79.9. The Balaban J connectivity index is 1.96. The first-order valence-corrected chi connectivity index (χ1v) is 9.25. The molecule has 0 aliphatic rings. The van der Waals surface area contributed by atoms with E-state index in [1.165, 1.54) is 5.56 Å². The maximum absolute atomic E-state index is 12.9. The van der Waals surface area contributed by atoms with Gasteiger partial charge in [-0.1, -0.05) is 93.8 Å². The van der Waals surface area contributed by atoms with Crippen LogP contribution in [0.4, 0.5) is 0 Å². The topological polar surface area (TPSA) is 17.1 Å². The average Bonchev–Trinajstić information content (AvgIpc) is 2.62. The summed E-state index contributed by atoms with van der Waals surface area (Å²) in [6, 6.07) is 24.4. The van der Waals surface area contributed by atoms with E-state index < -0.39 is 0 Å². The number of benzene rings is 3. The van der Waals surface area contributed by atoms with Gasteiger partial charge in [0.05, 0.1) is 0 Å². The van der Waals surface area contributed by atoms with E-state index in [1.54, 1.807) is 0 Å². The quantitative estimate of drug-likeness (QED) is 0.454. The third kappa shape index (κ3) is 4.26. The summed E-state index contributed by atoms with van der Waals surface area (Å²) < 4.78 is 1.04. The first-order valence-electron chi connectivity index (χ1n) is 8.45. The van der Waals surface area contributed by atoms with Gasteiger partial charge < -0.3 is 0 Å². The summed E-state index contributed by atoms with van der Waals surface area (Å²) in [5, 5.41) is 0. The molecule has 25 heavy (non-hydrogen) atoms. The van der Waals surface area contributed by atoms with Crippen LogP contribution in [0.15, 0.2) is 77.3 Å². The minimum Gasteiger partial charge on any atom is -0.294 e. The number of halogens is 1. The standard InChI is InChI=1S/C23H21BrO/c1-16-7-11-18(12-8-16)21(20-5-3-4-6-22(20)24)15-23(25)19-13-9-17(2)10-14-19/h3-14,21H,15H2,1-2H3/t21-/m0/s1. The van der Waals surface area contributed by atoms with Gasteiger partial charge in [0.2, 0.25) is 0 Å². The first kappa shape index (κ1) is 17.6. The zero-order valence-electron chi connectivity index (χ0n) is 14.5. The summed E-state index contributed by atoms with van der Waals surface area (Å²) in [6.07, 6.45) is 0.453. The largest absolute Gasteiger partial charge is 0.294 e. The van der Waals surface area contributed by atoms with Crippen molar-refractivity contribution in [3.05, 3.63) is 105 Å². The molecule has 0 aliphatic heterocycles. The SMILES string of the molecule is Cc1ccc(C(=O)C[C@@H](c2ccc(C)cc2)c2ccccc2Br)cc1. The summed E-state index contributed by atoms with van der Waals surface area (Å²) in [6.45, 7) is 4.11. The zero-order valence-corrected chi connectivity index (χ0v) is 16.1. The van der Waals surface area contributed by atoms with Gasteiger partial charge in [0.1, 0.15) is 0 Å². The van der Waals surface area contributed by atoms with E-state index in [0.29, 0.717) is 6.42 Å². The molecule has 0 saturated carbocycles. The highest BCUT2D eigenvalue weighted by Gasteiger charge is 2.21. The van der Waals surface area contributed by atoms with Gasteiger partial charge in [0.25, 0.3) is 0 Å². The molecule has 1 nitrogen and oxygen atoms in total. The Morgan fingerprint density at radius 3 is 2.00 bits per heavy atom.